The highest BCUT2D eigenvalue weighted by Gasteiger charge is 2.04. The van der Waals surface area contributed by atoms with E-state index in [0.717, 1.165) is 10.2 Å². The average Bonchev–Trinajstić information content (AvgIpc) is 2.43. The first-order valence-corrected chi connectivity index (χ1v) is 7.24. The van der Waals surface area contributed by atoms with E-state index in [0.29, 0.717) is 23.7 Å². The van der Waals surface area contributed by atoms with Crippen LogP contribution in [0.5, 0.6) is 5.75 Å². The molecule has 3 nitrogen and oxygen atoms in total. The highest BCUT2D eigenvalue weighted by atomic mass is 79.9. The third-order valence-electron chi connectivity index (χ3n) is 2.54. The summed E-state index contributed by atoms with van der Waals surface area (Å²) in [7, 11) is 0. The van der Waals surface area contributed by atoms with E-state index >= 15 is 0 Å². The number of halogens is 2. The molecule has 0 bridgehead atoms. The van der Waals surface area contributed by atoms with Crippen molar-refractivity contribution in [1.29, 1.82) is 0 Å². The molecular weight excluding hydrogens is 342 g/mol. The summed E-state index contributed by atoms with van der Waals surface area (Å²) in [5.41, 5.74) is 0.542. The Hall–Kier alpha value is -1.52. The van der Waals surface area contributed by atoms with Crippen LogP contribution in [0, 0.1) is 0 Å². The quantitative estimate of drug-likeness (QED) is 0.827. The summed E-state index contributed by atoms with van der Waals surface area (Å²) < 4.78 is 6.48. The Morgan fingerprint density at radius 1 is 1.20 bits per heavy atom. The molecule has 0 radical (unpaired) electrons. The van der Waals surface area contributed by atoms with Crippen molar-refractivity contribution in [3.63, 3.8) is 0 Å². The zero-order valence-electron chi connectivity index (χ0n) is 10.6. The van der Waals surface area contributed by atoms with Crippen LogP contribution in [0.4, 0.5) is 0 Å². The summed E-state index contributed by atoms with van der Waals surface area (Å²) in [4.78, 5) is 11.8. The summed E-state index contributed by atoms with van der Waals surface area (Å²) in [5.74, 6) is 0.599. The van der Waals surface area contributed by atoms with Crippen LogP contribution in [0.25, 0.3) is 0 Å². The Morgan fingerprint density at radius 3 is 2.75 bits per heavy atom. The normalized spacial score (nSPS) is 10.1. The predicted octanol–water partition coefficient (Wildman–Crippen LogP) is 3.91. The van der Waals surface area contributed by atoms with Crippen molar-refractivity contribution in [2.45, 2.75) is 0 Å². The number of carbonyl (C=O) groups is 1. The lowest BCUT2D eigenvalue weighted by Crippen LogP contribution is -2.28. The summed E-state index contributed by atoms with van der Waals surface area (Å²) in [6.07, 6.45) is 0. The SMILES string of the molecule is O=C(NCCOc1cccc(Br)c1)c1cccc(Cl)c1. The zero-order chi connectivity index (χ0) is 14.4. The molecule has 104 valence electrons. The van der Waals surface area contributed by atoms with Gasteiger partial charge in [-0.25, -0.2) is 0 Å². The second-order valence-electron chi connectivity index (χ2n) is 4.07. The number of hydrogen-bond acceptors (Lipinski definition) is 2. The third kappa shape index (κ3) is 4.54. The van der Waals surface area contributed by atoms with Gasteiger partial charge in [0.25, 0.3) is 5.91 Å². The minimum Gasteiger partial charge on any atom is -0.492 e. The zero-order valence-corrected chi connectivity index (χ0v) is 12.9. The molecule has 0 heterocycles. The Bertz CT molecular complexity index is 604. The van der Waals surface area contributed by atoms with Crippen molar-refractivity contribution in [2.75, 3.05) is 13.2 Å². The topological polar surface area (TPSA) is 38.3 Å². The Balaban J connectivity index is 1.77. The lowest BCUT2D eigenvalue weighted by Gasteiger charge is -2.08. The second kappa shape index (κ2) is 7.31. The lowest BCUT2D eigenvalue weighted by atomic mass is 10.2. The summed E-state index contributed by atoms with van der Waals surface area (Å²) in [6.45, 7) is 0.834. The molecule has 0 spiro atoms. The highest BCUT2D eigenvalue weighted by molar-refractivity contribution is 9.10. The maximum Gasteiger partial charge on any atom is 0.251 e. The summed E-state index contributed by atoms with van der Waals surface area (Å²) in [6, 6.07) is 14.4. The molecule has 1 amide bonds. The molecule has 0 aliphatic heterocycles. The molecule has 2 rings (SSSR count). The van der Waals surface area contributed by atoms with Gasteiger partial charge >= 0.3 is 0 Å². The smallest absolute Gasteiger partial charge is 0.251 e. The molecule has 1 N–H and O–H groups in total. The van der Waals surface area contributed by atoms with E-state index in [2.05, 4.69) is 21.2 Å². The van der Waals surface area contributed by atoms with Gasteiger partial charge in [0.05, 0.1) is 6.54 Å². The van der Waals surface area contributed by atoms with E-state index in [1.165, 1.54) is 0 Å². The molecule has 2 aromatic carbocycles. The third-order valence-corrected chi connectivity index (χ3v) is 3.27. The van der Waals surface area contributed by atoms with Crippen molar-refractivity contribution < 1.29 is 9.53 Å². The first-order chi connectivity index (χ1) is 9.65. The Kier molecular flexibility index (Phi) is 5.44. The van der Waals surface area contributed by atoms with Crippen LogP contribution in [-0.2, 0) is 0 Å². The number of nitrogens with one attached hydrogen (secondary N) is 1. The maximum absolute atomic E-state index is 11.8. The number of benzene rings is 2. The van der Waals surface area contributed by atoms with Crippen molar-refractivity contribution in [2.24, 2.45) is 0 Å². The van der Waals surface area contributed by atoms with Gasteiger partial charge in [-0.05, 0) is 36.4 Å². The lowest BCUT2D eigenvalue weighted by molar-refractivity contribution is 0.0947. The van der Waals surface area contributed by atoms with Crippen LogP contribution in [0.15, 0.2) is 53.0 Å². The standard InChI is InChI=1S/C15H13BrClNO2/c16-12-4-2-6-14(10-12)20-8-7-18-15(19)11-3-1-5-13(17)9-11/h1-6,9-10H,7-8H2,(H,18,19). The minimum atomic E-state index is -0.162. The fourth-order valence-electron chi connectivity index (χ4n) is 1.62. The van der Waals surface area contributed by atoms with Crippen LogP contribution < -0.4 is 10.1 Å². The maximum atomic E-state index is 11.8. The molecule has 0 atom stereocenters. The molecule has 0 aromatic heterocycles. The number of hydrogen-bond donors (Lipinski definition) is 1. The number of ether oxygens (including phenoxy) is 1. The van der Waals surface area contributed by atoms with Crippen LogP contribution in [0.1, 0.15) is 10.4 Å². The predicted molar refractivity (Wildman–Crippen MR) is 83.4 cm³/mol. The Morgan fingerprint density at radius 2 is 2.00 bits per heavy atom. The van der Waals surface area contributed by atoms with Gasteiger partial charge in [0.15, 0.2) is 0 Å². The molecule has 0 aliphatic rings. The first kappa shape index (κ1) is 14.9. The minimum absolute atomic E-state index is 0.162. The molecular formula is C15H13BrClNO2. The monoisotopic (exact) mass is 353 g/mol. The molecule has 0 fully saturated rings. The van der Waals surface area contributed by atoms with Gasteiger partial charge in [0.1, 0.15) is 12.4 Å². The van der Waals surface area contributed by atoms with Crippen molar-refractivity contribution in [3.8, 4) is 5.75 Å². The number of rotatable bonds is 5. The van der Waals surface area contributed by atoms with E-state index in [9.17, 15) is 4.79 Å². The molecule has 2 aromatic rings. The van der Waals surface area contributed by atoms with Crippen LogP contribution in [0.2, 0.25) is 5.02 Å². The van der Waals surface area contributed by atoms with Gasteiger partial charge in [-0.2, -0.15) is 0 Å². The molecule has 5 heteroatoms. The van der Waals surface area contributed by atoms with Gasteiger partial charge in [-0.1, -0.05) is 39.7 Å². The van der Waals surface area contributed by atoms with Crippen LogP contribution in [-0.4, -0.2) is 19.1 Å². The largest absolute Gasteiger partial charge is 0.492 e. The van der Waals surface area contributed by atoms with Crippen LogP contribution in [0.3, 0.4) is 0 Å². The fourth-order valence-corrected chi connectivity index (χ4v) is 2.19. The van der Waals surface area contributed by atoms with E-state index in [4.69, 9.17) is 16.3 Å². The number of carbonyl (C=O) groups excluding carboxylic acids is 1. The first-order valence-electron chi connectivity index (χ1n) is 6.07. The second-order valence-corrected chi connectivity index (χ2v) is 5.42. The molecule has 0 unspecified atom stereocenters. The molecule has 0 saturated carbocycles. The van der Waals surface area contributed by atoms with E-state index in [1.807, 2.05) is 24.3 Å². The number of amides is 1. The van der Waals surface area contributed by atoms with E-state index < -0.39 is 0 Å². The van der Waals surface area contributed by atoms with Crippen molar-refractivity contribution in [1.82, 2.24) is 5.32 Å². The van der Waals surface area contributed by atoms with Gasteiger partial charge in [-0.3, -0.25) is 4.79 Å². The molecule has 0 aliphatic carbocycles. The van der Waals surface area contributed by atoms with Crippen molar-refractivity contribution >= 4 is 33.4 Å². The Labute approximate surface area is 131 Å². The van der Waals surface area contributed by atoms with Gasteiger partial charge < -0.3 is 10.1 Å². The van der Waals surface area contributed by atoms with Crippen molar-refractivity contribution in [3.05, 3.63) is 63.6 Å². The highest BCUT2D eigenvalue weighted by Crippen LogP contribution is 2.17. The molecule has 20 heavy (non-hydrogen) atoms. The summed E-state index contributed by atoms with van der Waals surface area (Å²) in [5, 5.41) is 3.32. The van der Waals surface area contributed by atoms with E-state index in [1.54, 1.807) is 24.3 Å². The van der Waals surface area contributed by atoms with Gasteiger partial charge in [-0.15, -0.1) is 0 Å². The molecule has 0 saturated heterocycles. The van der Waals surface area contributed by atoms with Crippen LogP contribution >= 0.6 is 27.5 Å². The summed E-state index contributed by atoms with van der Waals surface area (Å²) >= 11 is 9.21. The van der Waals surface area contributed by atoms with Gasteiger partial charge in [0, 0.05) is 15.1 Å². The van der Waals surface area contributed by atoms with Gasteiger partial charge in [0.2, 0.25) is 0 Å². The average molecular weight is 355 g/mol. The van der Waals surface area contributed by atoms with E-state index in [-0.39, 0.29) is 5.91 Å². The fraction of sp³-hybridized carbons (Fsp3) is 0.133.